The maximum absolute atomic E-state index is 9.72. The summed E-state index contributed by atoms with van der Waals surface area (Å²) in [5, 5.41) is 12.1. The summed E-state index contributed by atoms with van der Waals surface area (Å²) in [4.78, 5) is 0. The SMILES string of the molecule is Cc1cc(C)c(-c2ccc3c(c2)B2c4c(cc(-c5ccc(C#N)cc5)cc4-n4c5ccc(-c6ccccc6-c6ccccc6)cc5c5cc(-c6ccccc6-c6ccccc6)cc2c54)O3)c(C)c1. The molecular formula is C64H43BN2O. The van der Waals surface area contributed by atoms with E-state index >= 15 is 0 Å². The highest BCUT2D eigenvalue weighted by Gasteiger charge is 2.41. The number of aromatic nitrogens is 1. The number of fused-ring (bicyclic) bond motifs is 7. The van der Waals surface area contributed by atoms with Gasteiger partial charge < -0.3 is 9.30 Å². The van der Waals surface area contributed by atoms with Crippen LogP contribution in [-0.4, -0.2) is 11.3 Å². The highest BCUT2D eigenvalue weighted by atomic mass is 16.5. The van der Waals surface area contributed by atoms with Crippen LogP contribution >= 0.6 is 0 Å². The molecule has 68 heavy (non-hydrogen) atoms. The lowest BCUT2D eigenvalue weighted by molar-refractivity contribution is 0.487. The lowest BCUT2D eigenvalue weighted by atomic mass is 9.34. The third kappa shape index (κ3) is 6.20. The van der Waals surface area contributed by atoms with Gasteiger partial charge in [-0.1, -0.05) is 163 Å². The molecule has 0 spiro atoms. The Hall–Kier alpha value is -8.65. The predicted molar refractivity (Wildman–Crippen MR) is 283 cm³/mol. The van der Waals surface area contributed by atoms with E-state index in [9.17, 15) is 5.26 Å². The molecule has 3 heterocycles. The van der Waals surface area contributed by atoms with Crippen LogP contribution in [0.5, 0.6) is 11.5 Å². The summed E-state index contributed by atoms with van der Waals surface area (Å²) >= 11 is 0. The number of hydrogen-bond acceptors (Lipinski definition) is 2. The zero-order chi connectivity index (χ0) is 45.6. The molecule has 0 N–H and O–H groups in total. The van der Waals surface area contributed by atoms with Crippen LogP contribution in [0, 0.1) is 32.1 Å². The molecule has 0 radical (unpaired) electrons. The minimum absolute atomic E-state index is 0.133. The van der Waals surface area contributed by atoms with Crippen molar-refractivity contribution in [3.63, 3.8) is 0 Å². The summed E-state index contributed by atoms with van der Waals surface area (Å²) < 4.78 is 9.67. The fraction of sp³-hybridized carbons (Fsp3) is 0.0469. The smallest absolute Gasteiger partial charge is 0.256 e. The van der Waals surface area contributed by atoms with E-state index in [1.165, 1.54) is 94.1 Å². The van der Waals surface area contributed by atoms with Crippen LogP contribution in [0.1, 0.15) is 22.3 Å². The van der Waals surface area contributed by atoms with E-state index in [1.54, 1.807) is 0 Å². The van der Waals surface area contributed by atoms with Gasteiger partial charge in [-0.05, 0) is 164 Å². The standard InChI is InChI=1S/C64H43BN2O/c1-39-30-40(2)62(41(3)31-39)47-27-29-60-56(34-47)65-57-35-49(53-21-13-11-19-51(53)45-16-8-5-9-17-45)33-55-54-32-46(52-20-12-10-18-50(52)44-14-6-4-7-15-44)26-28-58(54)67(64(55)57)59-36-48(37-61(68-60)63(59)65)43-24-22-42(38-66)23-25-43/h4-37H,1-3H3. The van der Waals surface area contributed by atoms with Gasteiger partial charge in [0, 0.05) is 22.0 Å². The highest BCUT2D eigenvalue weighted by molar-refractivity contribution is 6.99. The fourth-order valence-corrected chi connectivity index (χ4v) is 11.5. The van der Waals surface area contributed by atoms with E-state index in [0.29, 0.717) is 5.56 Å². The molecule has 0 saturated heterocycles. The van der Waals surface area contributed by atoms with Gasteiger partial charge in [0.05, 0.1) is 17.1 Å². The zero-order valence-corrected chi connectivity index (χ0v) is 38.0. The Morgan fingerprint density at radius 3 is 1.65 bits per heavy atom. The number of ether oxygens (including phenoxy) is 1. The van der Waals surface area contributed by atoms with Crippen molar-refractivity contribution in [3.8, 4) is 90.0 Å². The molecule has 1 aromatic heterocycles. The Bertz CT molecular complexity index is 3890. The summed E-state index contributed by atoms with van der Waals surface area (Å²) in [5.41, 5.74) is 25.5. The van der Waals surface area contributed by atoms with E-state index < -0.39 is 0 Å². The molecule has 0 bridgehead atoms. The molecule has 0 fully saturated rings. The van der Waals surface area contributed by atoms with E-state index in [1.807, 2.05) is 24.3 Å². The first-order valence-electron chi connectivity index (χ1n) is 23.4. The summed E-state index contributed by atoms with van der Waals surface area (Å²) in [6.07, 6.45) is 0. The van der Waals surface area contributed by atoms with Crippen LogP contribution in [0.15, 0.2) is 206 Å². The first-order chi connectivity index (χ1) is 33.4. The van der Waals surface area contributed by atoms with Crippen molar-refractivity contribution < 1.29 is 4.74 Å². The van der Waals surface area contributed by atoms with Gasteiger partial charge in [0.25, 0.3) is 6.71 Å². The van der Waals surface area contributed by atoms with Crippen LogP contribution in [0.25, 0.3) is 94.3 Å². The second-order valence-corrected chi connectivity index (χ2v) is 18.5. The van der Waals surface area contributed by atoms with Gasteiger partial charge in [-0.25, -0.2) is 0 Å². The van der Waals surface area contributed by atoms with Crippen LogP contribution in [-0.2, 0) is 0 Å². The van der Waals surface area contributed by atoms with E-state index in [0.717, 1.165) is 44.8 Å². The van der Waals surface area contributed by atoms with Crippen molar-refractivity contribution in [1.82, 2.24) is 4.57 Å². The number of rotatable bonds is 6. The van der Waals surface area contributed by atoms with Crippen molar-refractivity contribution in [2.24, 2.45) is 0 Å². The number of aryl methyl sites for hydroxylation is 3. The molecule has 318 valence electrons. The topological polar surface area (TPSA) is 38.0 Å². The van der Waals surface area contributed by atoms with Gasteiger partial charge in [0.2, 0.25) is 0 Å². The molecule has 0 unspecified atom stereocenters. The first kappa shape index (κ1) is 39.7. The van der Waals surface area contributed by atoms with Crippen LogP contribution in [0.3, 0.4) is 0 Å². The number of nitrogens with zero attached hydrogens (tertiary/aromatic N) is 2. The molecule has 10 aromatic carbocycles. The summed E-state index contributed by atoms with van der Waals surface area (Å²) in [6.45, 7) is 6.50. The van der Waals surface area contributed by atoms with Crippen LogP contribution in [0.4, 0.5) is 0 Å². The third-order valence-corrected chi connectivity index (χ3v) is 14.4. The molecule has 13 rings (SSSR count). The van der Waals surface area contributed by atoms with Crippen molar-refractivity contribution in [2.45, 2.75) is 20.8 Å². The molecule has 2 aliphatic rings. The second-order valence-electron chi connectivity index (χ2n) is 18.5. The largest absolute Gasteiger partial charge is 0.458 e. The Kier molecular flexibility index (Phi) is 9.04. The number of hydrogen-bond donors (Lipinski definition) is 0. The summed E-state index contributed by atoms with van der Waals surface area (Å²) in [5.74, 6) is 1.71. The van der Waals surface area contributed by atoms with Gasteiger partial charge >= 0.3 is 0 Å². The average Bonchev–Trinajstić information content (AvgIpc) is 3.71. The molecule has 0 atom stereocenters. The fourth-order valence-electron chi connectivity index (χ4n) is 11.5. The minimum Gasteiger partial charge on any atom is -0.458 e. The van der Waals surface area contributed by atoms with Crippen molar-refractivity contribution in [3.05, 3.63) is 229 Å². The van der Waals surface area contributed by atoms with Gasteiger partial charge in [-0.3, -0.25) is 0 Å². The monoisotopic (exact) mass is 866 g/mol. The van der Waals surface area contributed by atoms with Crippen molar-refractivity contribution in [2.75, 3.05) is 0 Å². The molecule has 11 aromatic rings. The lowest BCUT2D eigenvalue weighted by Crippen LogP contribution is -2.58. The molecular weight excluding hydrogens is 824 g/mol. The van der Waals surface area contributed by atoms with Gasteiger partial charge in [0.15, 0.2) is 0 Å². The van der Waals surface area contributed by atoms with Crippen molar-refractivity contribution >= 4 is 44.9 Å². The molecule has 4 heteroatoms. The van der Waals surface area contributed by atoms with Gasteiger partial charge in [0.1, 0.15) is 11.5 Å². The lowest BCUT2D eigenvalue weighted by Gasteiger charge is -2.34. The quantitative estimate of drug-likeness (QED) is 0.156. The first-order valence-corrected chi connectivity index (χ1v) is 23.4. The Labute approximate surface area is 396 Å². The minimum atomic E-state index is -0.133. The maximum Gasteiger partial charge on any atom is 0.256 e. The third-order valence-electron chi connectivity index (χ3n) is 14.4. The maximum atomic E-state index is 9.72. The van der Waals surface area contributed by atoms with E-state index in [-0.39, 0.29) is 6.71 Å². The average molecular weight is 867 g/mol. The van der Waals surface area contributed by atoms with Crippen LogP contribution < -0.4 is 21.1 Å². The van der Waals surface area contributed by atoms with Gasteiger partial charge in [-0.15, -0.1) is 0 Å². The Balaban J connectivity index is 1.14. The Morgan fingerprint density at radius 2 is 1.00 bits per heavy atom. The molecule has 0 aliphatic carbocycles. The predicted octanol–water partition coefficient (Wildman–Crippen LogP) is 14.5. The Morgan fingerprint density at radius 1 is 0.441 bits per heavy atom. The van der Waals surface area contributed by atoms with Crippen molar-refractivity contribution in [1.29, 1.82) is 5.26 Å². The number of nitriles is 1. The van der Waals surface area contributed by atoms with Crippen LogP contribution in [0.2, 0.25) is 0 Å². The molecule has 0 saturated carbocycles. The molecule has 3 nitrogen and oxygen atoms in total. The molecule has 0 amide bonds. The zero-order valence-electron chi connectivity index (χ0n) is 38.0. The van der Waals surface area contributed by atoms with E-state index in [4.69, 9.17) is 4.74 Å². The molecule has 2 aliphatic heterocycles. The summed E-state index contributed by atoms with van der Waals surface area (Å²) in [6, 6.07) is 77.2. The second kappa shape index (κ2) is 15.5. The summed E-state index contributed by atoms with van der Waals surface area (Å²) in [7, 11) is 0. The normalized spacial score (nSPS) is 12.1. The van der Waals surface area contributed by atoms with E-state index in [2.05, 4.69) is 213 Å². The number of benzene rings is 10. The highest BCUT2D eigenvalue weighted by Crippen LogP contribution is 2.44. The van der Waals surface area contributed by atoms with Gasteiger partial charge in [-0.2, -0.15) is 5.26 Å².